The van der Waals surface area contributed by atoms with Crippen molar-refractivity contribution >= 4 is 43.7 Å². The average Bonchev–Trinajstić information content (AvgIpc) is 3.28. The van der Waals surface area contributed by atoms with Gasteiger partial charge < -0.3 is 4.98 Å². The zero-order valence-electron chi connectivity index (χ0n) is 18.9. The Kier molecular flexibility index (Phi) is 5.96. The number of aromatic nitrogens is 3. The number of aryl methyl sites for hydroxylation is 2. The third-order valence-electron chi connectivity index (χ3n) is 5.87. The molecule has 7 nitrogen and oxygen atoms in total. The molecule has 0 amide bonds. The molecule has 0 saturated carbocycles. The topological polar surface area (TPSA) is 96.0 Å². The molecular formula is C25H21FN4O3S2. The van der Waals surface area contributed by atoms with Crippen molar-refractivity contribution in [1.82, 2.24) is 18.0 Å². The van der Waals surface area contributed by atoms with Crippen molar-refractivity contribution in [3.8, 4) is 0 Å². The lowest BCUT2D eigenvalue weighted by Gasteiger charge is -2.23. The zero-order valence-corrected chi connectivity index (χ0v) is 20.6. The molecule has 0 atom stereocenters. The van der Waals surface area contributed by atoms with Crippen LogP contribution in [-0.2, 0) is 23.1 Å². The van der Waals surface area contributed by atoms with Crippen LogP contribution >= 0.6 is 11.7 Å². The molecule has 0 spiro atoms. The van der Waals surface area contributed by atoms with Gasteiger partial charge in [-0.3, -0.25) is 4.79 Å². The Morgan fingerprint density at radius 3 is 2.51 bits per heavy atom. The highest BCUT2D eigenvalue weighted by Crippen LogP contribution is 2.30. The van der Waals surface area contributed by atoms with E-state index in [1.807, 2.05) is 25.1 Å². The highest BCUT2D eigenvalue weighted by Gasteiger charge is 2.30. The van der Waals surface area contributed by atoms with E-state index >= 15 is 0 Å². The minimum Gasteiger partial charge on any atom is -0.322 e. The average molecular weight is 509 g/mol. The van der Waals surface area contributed by atoms with Gasteiger partial charge in [0.05, 0.1) is 11.7 Å². The number of rotatable bonds is 6. The molecule has 0 aliphatic rings. The normalized spacial score (nSPS) is 12.1. The summed E-state index contributed by atoms with van der Waals surface area (Å²) in [5.41, 5.74) is 3.51. The summed E-state index contributed by atoms with van der Waals surface area (Å²) in [5, 5.41) is 0.798. The van der Waals surface area contributed by atoms with Crippen LogP contribution in [0.3, 0.4) is 0 Å². The molecule has 0 bridgehead atoms. The number of benzene rings is 3. The van der Waals surface area contributed by atoms with Gasteiger partial charge in [0.15, 0.2) is 0 Å². The van der Waals surface area contributed by atoms with Crippen molar-refractivity contribution in [3.05, 3.63) is 99.1 Å². The van der Waals surface area contributed by atoms with Crippen LogP contribution in [0.15, 0.2) is 70.4 Å². The van der Waals surface area contributed by atoms with Gasteiger partial charge in [-0.1, -0.05) is 30.3 Å². The molecule has 0 aliphatic carbocycles. The summed E-state index contributed by atoms with van der Waals surface area (Å²) in [4.78, 5) is 15.8. The van der Waals surface area contributed by atoms with Gasteiger partial charge in [-0.25, -0.2) is 12.8 Å². The molecule has 0 aliphatic heterocycles. The first-order valence-electron chi connectivity index (χ1n) is 10.8. The molecule has 2 heterocycles. The quantitative estimate of drug-likeness (QED) is 0.359. The molecule has 0 fully saturated rings. The third-order valence-corrected chi connectivity index (χ3v) is 8.39. The minimum atomic E-state index is -4.12. The molecular weight excluding hydrogens is 487 g/mol. The Hall–Kier alpha value is -3.47. The second-order valence-electron chi connectivity index (χ2n) is 8.46. The highest BCUT2D eigenvalue weighted by molar-refractivity contribution is 7.89. The zero-order chi connectivity index (χ0) is 24.7. The summed E-state index contributed by atoms with van der Waals surface area (Å²) in [5.74, 6) is -0.418. The molecule has 5 rings (SSSR count). The number of fused-ring (bicyclic) bond motifs is 2. The Morgan fingerprint density at radius 1 is 0.971 bits per heavy atom. The van der Waals surface area contributed by atoms with E-state index in [-0.39, 0.29) is 23.5 Å². The summed E-state index contributed by atoms with van der Waals surface area (Å²) in [6.45, 7) is 3.40. The first-order valence-corrected chi connectivity index (χ1v) is 13.0. The van der Waals surface area contributed by atoms with Crippen LogP contribution in [0.4, 0.5) is 4.39 Å². The Bertz CT molecular complexity index is 1730. The molecule has 178 valence electrons. The molecule has 35 heavy (non-hydrogen) atoms. The van der Waals surface area contributed by atoms with E-state index in [0.717, 1.165) is 22.7 Å². The fourth-order valence-electron chi connectivity index (χ4n) is 4.07. The Morgan fingerprint density at radius 2 is 1.74 bits per heavy atom. The van der Waals surface area contributed by atoms with Crippen molar-refractivity contribution in [1.29, 1.82) is 0 Å². The maximum absolute atomic E-state index is 14.0. The predicted molar refractivity (Wildman–Crippen MR) is 134 cm³/mol. The van der Waals surface area contributed by atoms with Gasteiger partial charge in [0.2, 0.25) is 10.0 Å². The van der Waals surface area contributed by atoms with Crippen LogP contribution in [0.5, 0.6) is 0 Å². The van der Waals surface area contributed by atoms with Gasteiger partial charge >= 0.3 is 0 Å². The monoisotopic (exact) mass is 508 g/mol. The smallest absolute Gasteiger partial charge is 0.252 e. The maximum atomic E-state index is 14.0. The van der Waals surface area contributed by atoms with E-state index < -0.39 is 15.8 Å². The van der Waals surface area contributed by atoms with Crippen molar-refractivity contribution in [2.45, 2.75) is 31.8 Å². The van der Waals surface area contributed by atoms with Crippen LogP contribution in [-0.4, -0.2) is 26.5 Å². The molecule has 1 N–H and O–H groups in total. The number of hydrogen-bond acceptors (Lipinski definition) is 6. The number of sulfonamides is 1. The van der Waals surface area contributed by atoms with Crippen molar-refractivity contribution in [2.24, 2.45) is 0 Å². The number of pyridine rings is 1. The van der Waals surface area contributed by atoms with Crippen LogP contribution in [0.25, 0.3) is 21.9 Å². The number of aromatic amines is 1. The SMILES string of the molecule is Cc1ccc2cc(CN(Cc3ccc(F)cc3)S(=O)(=O)c3c(C)ccc4nsnc34)c(=O)[nH]c2c1. The summed E-state index contributed by atoms with van der Waals surface area (Å²) in [6, 6.07) is 16.4. The van der Waals surface area contributed by atoms with Crippen molar-refractivity contribution < 1.29 is 12.8 Å². The second kappa shape index (κ2) is 8.95. The number of halogens is 1. The lowest BCUT2D eigenvalue weighted by molar-refractivity contribution is 0.400. The summed E-state index contributed by atoms with van der Waals surface area (Å²) in [7, 11) is -4.12. The molecule has 0 unspecified atom stereocenters. The minimum absolute atomic E-state index is 0.0542. The second-order valence-corrected chi connectivity index (χ2v) is 10.9. The first-order chi connectivity index (χ1) is 16.7. The fourth-order valence-corrected chi connectivity index (χ4v) is 6.43. The number of nitrogens with zero attached hydrogens (tertiary/aromatic N) is 3. The number of nitrogens with one attached hydrogen (secondary N) is 1. The standard InChI is InChI=1S/C25H21FN4O3S2/c1-15-3-7-18-12-19(25(31)27-22(18)11-15)14-30(13-17-5-8-20(26)9-6-17)35(32,33)24-16(2)4-10-21-23(24)29-34-28-21/h3-12H,13-14H2,1-2H3,(H,27,31). The summed E-state index contributed by atoms with van der Waals surface area (Å²) < 4.78 is 51.2. The Balaban J connectivity index is 1.64. The largest absolute Gasteiger partial charge is 0.322 e. The number of hydrogen-bond donors (Lipinski definition) is 1. The van der Waals surface area contributed by atoms with Crippen LogP contribution in [0.1, 0.15) is 22.3 Å². The van der Waals surface area contributed by atoms with Crippen LogP contribution < -0.4 is 5.56 Å². The first kappa shape index (κ1) is 23.3. The van der Waals surface area contributed by atoms with Crippen LogP contribution in [0, 0.1) is 19.7 Å². The lowest BCUT2D eigenvalue weighted by Crippen LogP contribution is -2.33. The maximum Gasteiger partial charge on any atom is 0.252 e. The van der Waals surface area contributed by atoms with E-state index in [9.17, 15) is 17.6 Å². The van der Waals surface area contributed by atoms with Gasteiger partial charge in [0.25, 0.3) is 5.56 Å². The van der Waals surface area contributed by atoms with Gasteiger partial charge in [-0.2, -0.15) is 13.1 Å². The van der Waals surface area contributed by atoms with Gasteiger partial charge in [-0.15, -0.1) is 0 Å². The summed E-state index contributed by atoms with van der Waals surface area (Å²) >= 11 is 0.938. The van der Waals surface area contributed by atoms with Gasteiger partial charge in [0, 0.05) is 24.2 Å². The van der Waals surface area contributed by atoms with Crippen LogP contribution in [0.2, 0.25) is 0 Å². The third kappa shape index (κ3) is 4.47. The van der Waals surface area contributed by atoms with Gasteiger partial charge in [-0.05, 0) is 66.3 Å². The fraction of sp³-hybridized carbons (Fsp3) is 0.160. The van der Waals surface area contributed by atoms with Gasteiger partial charge in [0.1, 0.15) is 21.7 Å². The van der Waals surface area contributed by atoms with E-state index in [2.05, 4.69) is 13.7 Å². The Labute approximate surface area is 205 Å². The van der Waals surface area contributed by atoms with Crippen molar-refractivity contribution in [3.63, 3.8) is 0 Å². The molecule has 10 heteroatoms. The predicted octanol–water partition coefficient (Wildman–Crippen LogP) is 4.68. The van der Waals surface area contributed by atoms with E-state index in [4.69, 9.17) is 0 Å². The highest BCUT2D eigenvalue weighted by atomic mass is 32.2. The molecule has 3 aromatic carbocycles. The summed E-state index contributed by atoms with van der Waals surface area (Å²) in [6.07, 6.45) is 0. The molecule has 0 radical (unpaired) electrons. The lowest BCUT2D eigenvalue weighted by atomic mass is 10.1. The van der Waals surface area contributed by atoms with E-state index in [1.54, 1.807) is 25.1 Å². The molecule has 0 saturated heterocycles. The van der Waals surface area contributed by atoms with E-state index in [1.165, 1.54) is 28.6 Å². The number of H-pyrrole nitrogens is 1. The molecule has 5 aromatic rings. The molecule has 2 aromatic heterocycles. The van der Waals surface area contributed by atoms with Crippen molar-refractivity contribution in [2.75, 3.05) is 0 Å². The van der Waals surface area contributed by atoms with E-state index in [0.29, 0.717) is 33.2 Å².